The predicted octanol–water partition coefficient (Wildman–Crippen LogP) is 3.33. The number of hydrogen-bond donors (Lipinski definition) is 2. The van der Waals surface area contributed by atoms with Gasteiger partial charge in [0.05, 0.1) is 0 Å². The smallest absolute Gasteiger partial charge is 0.220 e. The van der Waals surface area contributed by atoms with Crippen molar-refractivity contribution in [2.45, 2.75) is 73.8 Å². The molecule has 0 rings (SSSR count). The highest BCUT2D eigenvalue weighted by Gasteiger charge is 2.19. The van der Waals surface area contributed by atoms with E-state index in [-0.39, 0.29) is 22.8 Å². The van der Waals surface area contributed by atoms with E-state index in [1.807, 2.05) is 0 Å². The molecule has 114 valence electrons. The minimum atomic E-state index is 0.0434. The lowest BCUT2D eigenvalue weighted by Gasteiger charge is -2.24. The van der Waals surface area contributed by atoms with Crippen molar-refractivity contribution in [3.8, 4) is 0 Å². The Morgan fingerprint density at radius 3 is 1.95 bits per heavy atom. The van der Waals surface area contributed by atoms with Crippen LogP contribution in [0.25, 0.3) is 0 Å². The van der Waals surface area contributed by atoms with Crippen LogP contribution in [-0.4, -0.2) is 18.5 Å². The molecule has 3 heteroatoms. The average molecular weight is 270 g/mol. The SMILES string of the molecule is CC(CC(=O)NCC(N)CC(C)(C)C)CC(C)(C)C. The summed E-state index contributed by atoms with van der Waals surface area (Å²) in [6.45, 7) is 15.8. The summed E-state index contributed by atoms with van der Waals surface area (Å²) >= 11 is 0. The van der Waals surface area contributed by atoms with Crippen LogP contribution in [-0.2, 0) is 4.79 Å². The van der Waals surface area contributed by atoms with Gasteiger partial charge in [-0.3, -0.25) is 4.79 Å². The highest BCUT2D eigenvalue weighted by Crippen LogP contribution is 2.25. The lowest BCUT2D eigenvalue weighted by atomic mass is 9.84. The first-order chi connectivity index (χ1) is 8.39. The zero-order chi connectivity index (χ0) is 15.3. The Labute approximate surface area is 119 Å². The van der Waals surface area contributed by atoms with E-state index in [1.165, 1.54) is 0 Å². The van der Waals surface area contributed by atoms with Crippen molar-refractivity contribution in [3.63, 3.8) is 0 Å². The van der Waals surface area contributed by atoms with Gasteiger partial charge >= 0.3 is 0 Å². The number of carbonyl (C=O) groups excluding carboxylic acids is 1. The summed E-state index contributed by atoms with van der Waals surface area (Å²) in [6.07, 6.45) is 2.58. The normalized spacial score (nSPS) is 16.0. The molecule has 2 atom stereocenters. The number of rotatable bonds is 6. The molecule has 0 aliphatic heterocycles. The van der Waals surface area contributed by atoms with Gasteiger partial charge in [-0.05, 0) is 29.6 Å². The zero-order valence-electron chi connectivity index (χ0n) is 14.0. The van der Waals surface area contributed by atoms with Crippen LogP contribution in [0.2, 0.25) is 0 Å². The maximum Gasteiger partial charge on any atom is 0.220 e. The molecule has 0 aromatic heterocycles. The fourth-order valence-corrected chi connectivity index (χ4v) is 2.61. The highest BCUT2D eigenvalue weighted by atomic mass is 16.1. The fourth-order valence-electron chi connectivity index (χ4n) is 2.61. The summed E-state index contributed by atoms with van der Waals surface area (Å²) in [5.74, 6) is 0.542. The molecule has 0 fully saturated rings. The van der Waals surface area contributed by atoms with Crippen LogP contribution >= 0.6 is 0 Å². The van der Waals surface area contributed by atoms with E-state index < -0.39 is 0 Å². The lowest BCUT2D eigenvalue weighted by Crippen LogP contribution is -2.39. The molecule has 0 aliphatic rings. The highest BCUT2D eigenvalue weighted by molar-refractivity contribution is 5.76. The van der Waals surface area contributed by atoms with Crippen LogP contribution in [0.3, 0.4) is 0 Å². The lowest BCUT2D eigenvalue weighted by molar-refractivity contribution is -0.122. The number of carbonyl (C=O) groups is 1. The molecule has 2 unspecified atom stereocenters. The maximum absolute atomic E-state index is 11.8. The third-order valence-electron chi connectivity index (χ3n) is 2.93. The molecule has 0 heterocycles. The first kappa shape index (κ1) is 18.4. The Balaban J connectivity index is 3.93. The van der Waals surface area contributed by atoms with Gasteiger partial charge in [0.15, 0.2) is 0 Å². The van der Waals surface area contributed by atoms with E-state index in [0.717, 1.165) is 12.8 Å². The average Bonchev–Trinajstić information content (AvgIpc) is 2.08. The molecule has 0 aliphatic carbocycles. The van der Waals surface area contributed by atoms with Crippen molar-refractivity contribution in [3.05, 3.63) is 0 Å². The van der Waals surface area contributed by atoms with Crippen LogP contribution in [0.4, 0.5) is 0 Å². The Morgan fingerprint density at radius 1 is 1.05 bits per heavy atom. The first-order valence-corrected chi connectivity index (χ1v) is 7.41. The van der Waals surface area contributed by atoms with Gasteiger partial charge in [-0.2, -0.15) is 0 Å². The van der Waals surface area contributed by atoms with E-state index in [2.05, 4.69) is 53.8 Å². The van der Waals surface area contributed by atoms with Gasteiger partial charge < -0.3 is 11.1 Å². The molecule has 0 saturated heterocycles. The number of nitrogens with one attached hydrogen (secondary N) is 1. The quantitative estimate of drug-likeness (QED) is 0.778. The molecule has 19 heavy (non-hydrogen) atoms. The summed E-state index contributed by atoms with van der Waals surface area (Å²) in [6, 6.07) is 0.0434. The largest absolute Gasteiger partial charge is 0.355 e. The molecule has 0 saturated carbocycles. The summed E-state index contributed by atoms with van der Waals surface area (Å²) < 4.78 is 0. The topological polar surface area (TPSA) is 55.1 Å². The van der Waals surface area contributed by atoms with Crippen molar-refractivity contribution in [2.75, 3.05) is 6.54 Å². The van der Waals surface area contributed by atoms with Crippen LogP contribution in [0.1, 0.15) is 67.7 Å². The number of hydrogen-bond acceptors (Lipinski definition) is 2. The Morgan fingerprint density at radius 2 is 1.53 bits per heavy atom. The van der Waals surface area contributed by atoms with Crippen molar-refractivity contribution < 1.29 is 4.79 Å². The number of amides is 1. The fraction of sp³-hybridized carbons (Fsp3) is 0.938. The summed E-state index contributed by atoms with van der Waals surface area (Å²) in [7, 11) is 0. The van der Waals surface area contributed by atoms with Crippen LogP contribution in [0.5, 0.6) is 0 Å². The van der Waals surface area contributed by atoms with Gasteiger partial charge in [0, 0.05) is 19.0 Å². The van der Waals surface area contributed by atoms with E-state index >= 15 is 0 Å². The minimum Gasteiger partial charge on any atom is -0.355 e. The van der Waals surface area contributed by atoms with Crippen molar-refractivity contribution in [1.29, 1.82) is 0 Å². The molecule has 0 aromatic rings. The van der Waals surface area contributed by atoms with Gasteiger partial charge in [-0.25, -0.2) is 0 Å². The van der Waals surface area contributed by atoms with Crippen molar-refractivity contribution >= 4 is 5.91 Å². The number of nitrogens with two attached hydrogens (primary N) is 1. The van der Waals surface area contributed by atoms with E-state index in [1.54, 1.807) is 0 Å². The zero-order valence-corrected chi connectivity index (χ0v) is 14.0. The molecule has 0 aromatic carbocycles. The molecule has 0 bridgehead atoms. The molecule has 3 N–H and O–H groups in total. The van der Waals surface area contributed by atoms with Gasteiger partial charge in [-0.1, -0.05) is 48.5 Å². The summed E-state index contributed by atoms with van der Waals surface area (Å²) in [4.78, 5) is 11.8. The Kier molecular flexibility index (Phi) is 7.06. The third-order valence-corrected chi connectivity index (χ3v) is 2.93. The van der Waals surface area contributed by atoms with Crippen LogP contribution in [0, 0.1) is 16.7 Å². The molecule has 0 radical (unpaired) electrons. The van der Waals surface area contributed by atoms with E-state index in [0.29, 0.717) is 18.9 Å². The van der Waals surface area contributed by atoms with Crippen molar-refractivity contribution in [1.82, 2.24) is 5.32 Å². The van der Waals surface area contributed by atoms with Gasteiger partial charge in [0.2, 0.25) is 5.91 Å². The monoisotopic (exact) mass is 270 g/mol. The Hall–Kier alpha value is -0.570. The third kappa shape index (κ3) is 12.2. The Bertz CT molecular complexity index is 273. The van der Waals surface area contributed by atoms with Gasteiger partial charge in [-0.15, -0.1) is 0 Å². The minimum absolute atomic E-state index is 0.0434. The van der Waals surface area contributed by atoms with Gasteiger partial charge in [0.1, 0.15) is 0 Å². The second-order valence-corrected chi connectivity index (χ2v) is 8.40. The summed E-state index contributed by atoms with van der Waals surface area (Å²) in [5, 5.41) is 2.96. The molecule has 3 nitrogen and oxygen atoms in total. The van der Waals surface area contributed by atoms with E-state index in [9.17, 15) is 4.79 Å². The van der Waals surface area contributed by atoms with Gasteiger partial charge in [0.25, 0.3) is 0 Å². The summed E-state index contributed by atoms with van der Waals surface area (Å²) in [5.41, 5.74) is 6.52. The molecule has 0 spiro atoms. The predicted molar refractivity (Wildman–Crippen MR) is 82.9 cm³/mol. The molecular weight excluding hydrogens is 236 g/mol. The first-order valence-electron chi connectivity index (χ1n) is 7.41. The van der Waals surface area contributed by atoms with E-state index in [4.69, 9.17) is 5.73 Å². The van der Waals surface area contributed by atoms with Crippen molar-refractivity contribution in [2.24, 2.45) is 22.5 Å². The maximum atomic E-state index is 11.8. The standard InChI is InChI=1S/C16H34N2O/c1-12(9-15(2,3)4)8-14(19)18-11-13(17)10-16(5,6)7/h12-13H,8-11,17H2,1-7H3,(H,18,19). The molecule has 1 amide bonds. The molecular formula is C16H34N2O. The second-order valence-electron chi connectivity index (χ2n) is 8.40. The van der Waals surface area contributed by atoms with Crippen LogP contribution in [0.15, 0.2) is 0 Å². The van der Waals surface area contributed by atoms with Crippen LogP contribution < -0.4 is 11.1 Å². The second kappa shape index (κ2) is 7.28.